The third-order valence-electron chi connectivity index (χ3n) is 4.75. The van der Waals surface area contributed by atoms with Gasteiger partial charge in [-0.05, 0) is 43.6 Å². The first kappa shape index (κ1) is 16.8. The Labute approximate surface area is 144 Å². The van der Waals surface area contributed by atoms with Crippen LogP contribution in [0.2, 0.25) is 0 Å². The van der Waals surface area contributed by atoms with Crippen molar-refractivity contribution in [1.29, 1.82) is 0 Å². The van der Waals surface area contributed by atoms with E-state index in [4.69, 9.17) is 0 Å². The number of hydrogen-bond donors (Lipinski definition) is 1. The molecule has 0 aliphatic carbocycles. The summed E-state index contributed by atoms with van der Waals surface area (Å²) in [4.78, 5) is 14.8. The van der Waals surface area contributed by atoms with E-state index in [1.165, 1.54) is 31.2 Å². The number of nitrogens with zero attached hydrogens (tertiary/aromatic N) is 2. The van der Waals surface area contributed by atoms with E-state index in [2.05, 4.69) is 34.5 Å². The number of hydrogen-bond acceptors (Lipinski definition) is 2. The van der Waals surface area contributed by atoms with Crippen molar-refractivity contribution in [1.82, 2.24) is 14.8 Å². The molecule has 1 N–H and O–H groups in total. The molecule has 1 unspecified atom stereocenters. The fourth-order valence-corrected chi connectivity index (χ4v) is 3.45. The molecule has 1 atom stereocenters. The average Bonchev–Trinajstić information content (AvgIpc) is 2.96. The molecule has 3 rings (SSSR count). The van der Waals surface area contributed by atoms with Crippen molar-refractivity contribution in [3.63, 3.8) is 0 Å². The van der Waals surface area contributed by atoms with Gasteiger partial charge in [0.2, 0.25) is 5.91 Å². The summed E-state index contributed by atoms with van der Waals surface area (Å²) in [6.07, 6.45) is 8.98. The van der Waals surface area contributed by atoms with Crippen molar-refractivity contribution < 1.29 is 4.79 Å². The van der Waals surface area contributed by atoms with Crippen LogP contribution in [0.5, 0.6) is 0 Å². The maximum atomic E-state index is 12.2. The predicted molar refractivity (Wildman–Crippen MR) is 96.7 cm³/mol. The highest BCUT2D eigenvalue weighted by atomic mass is 16.1. The van der Waals surface area contributed by atoms with Crippen LogP contribution in [0.3, 0.4) is 0 Å². The Balaban J connectivity index is 1.64. The van der Waals surface area contributed by atoms with E-state index >= 15 is 0 Å². The third-order valence-corrected chi connectivity index (χ3v) is 4.75. The molecule has 128 valence electrons. The van der Waals surface area contributed by atoms with E-state index in [-0.39, 0.29) is 11.9 Å². The molecule has 1 amide bonds. The zero-order valence-corrected chi connectivity index (χ0v) is 14.2. The summed E-state index contributed by atoms with van der Waals surface area (Å²) in [6, 6.07) is 14.7. The number of likely N-dealkylation sites (tertiary alicyclic amines) is 1. The standard InChI is InChI=1S/C20H27N3O/c24-20(17-22-12-8-9-13-22)21-16-19(18-10-4-3-5-11-18)23-14-6-1-2-7-15-23/h3-5,8-13,19H,1-2,6-7,14-17H2,(H,21,24). The number of amides is 1. The monoisotopic (exact) mass is 325 g/mol. The summed E-state index contributed by atoms with van der Waals surface area (Å²) in [5.41, 5.74) is 1.29. The topological polar surface area (TPSA) is 37.3 Å². The van der Waals surface area contributed by atoms with E-state index in [9.17, 15) is 4.79 Å². The molecule has 4 heteroatoms. The van der Waals surface area contributed by atoms with Crippen molar-refractivity contribution in [2.75, 3.05) is 19.6 Å². The second kappa shape index (κ2) is 8.69. The first-order chi connectivity index (χ1) is 11.8. The Kier molecular flexibility index (Phi) is 6.07. The van der Waals surface area contributed by atoms with Crippen molar-refractivity contribution in [3.05, 3.63) is 60.4 Å². The second-order valence-electron chi connectivity index (χ2n) is 6.54. The Bertz CT molecular complexity index is 601. The Morgan fingerprint density at radius 2 is 1.62 bits per heavy atom. The van der Waals surface area contributed by atoms with Crippen LogP contribution in [0, 0.1) is 0 Å². The first-order valence-electron chi connectivity index (χ1n) is 8.99. The first-order valence-corrected chi connectivity index (χ1v) is 8.99. The molecule has 0 saturated carbocycles. The molecule has 2 heterocycles. The number of carbonyl (C=O) groups excluding carboxylic acids is 1. The number of benzene rings is 1. The molecular weight excluding hydrogens is 298 g/mol. The molecule has 1 saturated heterocycles. The van der Waals surface area contributed by atoms with Gasteiger partial charge in [-0.1, -0.05) is 43.2 Å². The molecule has 1 aromatic carbocycles. The molecule has 0 bridgehead atoms. The lowest BCUT2D eigenvalue weighted by Gasteiger charge is -2.31. The van der Waals surface area contributed by atoms with Gasteiger partial charge < -0.3 is 9.88 Å². The Hall–Kier alpha value is -2.07. The van der Waals surface area contributed by atoms with Crippen molar-refractivity contribution in [2.24, 2.45) is 0 Å². The van der Waals surface area contributed by atoms with Crippen LogP contribution in [0.4, 0.5) is 0 Å². The average molecular weight is 325 g/mol. The van der Waals surface area contributed by atoms with Gasteiger partial charge in [-0.2, -0.15) is 0 Å². The smallest absolute Gasteiger partial charge is 0.239 e. The lowest BCUT2D eigenvalue weighted by atomic mass is 10.0. The molecule has 1 aliphatic rings. The van der Waals surface area contributed by atoms with Crippen LogP contribution in [-0.4, -0.2) is 35.0 Å². The fraction of sp³-hybridized carbons (Fsp3) is 0.450. The summed E-state index contributed by atoms with van der Waals surface area (Å²) >= 11 is 0. The molecule has 24 heavy (non-hydrogen) atoms. The summed E-state index contributed by atoms with van der Waals surface area (Å²) in [5, 5.41) is 3.14. The maximum absolute atomic E-state index is 12.2. The number of carbonyl (C=O) groups is 1. The summed E-state index contributed by atoms with van der Waals surface area (Å²) in [7, 11) is 0. The lowest BCUT2D eigenvalue weighted by molar-refractivity contribution is -0.121. The minimum absolute atomic E-state index is 0.0713. The molecule has 0 spiro atoms. The van der Waals surface area contributed by atoms with Gasteiger partial charge in [-0.25, -0.2) is 0 Å². The number of aromatic nitrogens is 1. The largest absolute Gasteiger partial charge is 0.353 e. The van der Waals surface area contributed by atoms with E-state index in [0.29, 0.717) is 13.1 Å². The molecule has 1 aliphatic heterocycles. The highest BCUT2D eigenvalue weighted by molar-refractivity contribution is 5.75. The van der Waals surface area contributed by atoms with Gasteiger partial charge in [0.1, 0.15) is 6.54 Å². The number of nitrogens with one attached hydrogen (secondary N) is 1. The summed E-state index contributed by atoms with van der Waals surface area (Å²) in [6.45, 7) is 3.29. The van der Waals surface area contributed by atoms with E-state index < -0.39 is 0 Å². The molecular formula is C20H27N3O. The zero-order valence-electron chi connectivity index (χ0n) is 14.2. The van der Waals surface area contributed by atoms with Gasteiger partial charge in [-0.15, -0.1) is 0 Å². The minimum Gasteiger partial charge on any atom is -0.353 e. The van der Waals surface area contributed by atoms with Crippen LogP contribution in [0.1, 0.15) is 37.3 Å². The normalized spacial score (nSPS) is 17.2. The predicted octanol–water partition coefficient (Wildman–Crippen LogP) is 3.22. The summed E-state index contributed by atoms with van der Waals surface area (Å²) < 4.78 is 1.90. The van der Waals surface area contributed by atoms with Crippen molar-refractivity contribution >= 4 is 5.91 Å². The quantitative estimate of drug-likeness (QED) is 0.885. The molecule has 1 fully saturated rings. The van der Waals surface area contributed by atoms with Crippen LogP contribution in [0.15, 0.2) is 54.9 Å². The highest BCUT2D eigenvalue weighted by Crippen LogP contribution is 2.23. The van der Waals surface area contributed by atoms with Gasteiger partial charge in [0.05, 0.1) is 6.04 Å². The van der Waals surface area contributed by atoms with E-state index in [0.717, 1.165) is 13.1 Å². The van der Waals surface area contributed by atoms with Gasteiger partial charge in [0, 0.05) is 18.9 Å². The zero-order chi connectivity index (χ0) is 16.6. The number of rotatable bonds is 6. The third kappa shape index (κ3) is 4.71. The van der Waals surface area contributed by atoms with Crippen molar-refractivity contribution in [2.45, 2.75) is 38.3 Å². The van der Waals surface area contributed by atoms with Crippen molar-refractivity contribution in [3.8, 4) is 0 Å². The van der Waals surface area contributed by atoms with Crippen LogP contribution in [-0.2, 0) is 11.3 Å². The SMILES string of the molecule is O=C(Cn1cccc1)NCC(c1ccccc1)N1CCCCCC1. The fourth-order valence-electron chi connectivity index (χ4n) is 3.45. The van der Waals surface area contributed by atoms with E-state index in [1.807, 2.05) is 35.2 Å². The lowest BCUT2D eigenvalue weighted by Crippen LogP contribution is -2.39. The molecule has 2 aromatic rings. The Morgan fingerprint density at radius 3 is 2.29 bits per heavy atom. The molecule has 1 aromatic heterocycles. The maximum Gasteiger partial charge on any atom is 0.239 e. The minimum atomic E-state index is 0.0713. The second-order valence-corrected chi connectivity index (χ2v) is 6.54. The molecule has 0 radical (unpaired) electrons. The highest BCUT2D eigenvalue weighted by Gasteiger charge is 2.21. The van der Waals surface area contributed by atoms with Gasteiger partial charge in [0.25, 0.3) is 0 Å². The van der Waals surface area contributed by atoms with Crippen LogP contribution >= 0.6 is 0 Å². The Morgan fingerprint density at radius 1 is 0.958 bits per heavy atom. The summed E-state index contributed by atoms with van der Waals surface area (Å²) in [5.74, 6) is 0.0713. The van der Waals surface area contributed by atoms with Gasteiger partial charge in [-0.3, -0.25) is 9.69 Å². The van der Waals surface area contributed by atoms with Gasteiger partial charge in [0.15, 0.2) is 0 Å². The van der Waals surface area contributed by atoms with E-state index in [1.54, 1.807) is 0 Å². The molecule has 4 nitrogen and oxygen atoms in total. The van der Waals surface area contributed by atoms with Crippen LogP contribution < -0.4 is 5.32 Å². The van der Waals surface area contributed by atoms with Gasteiger partial charge >= 0.3 is 0 Å². The van der Waals surface area contributed by atoms with Crippen LogP contribution in [0.25, 0.3) is 0 Å².